The molecule has 7 heteroatoms. The van der Waals surface area contributed by atoms with Gasteiger partial charge < -0.3 is 10.4 Å². The van der Waals surface area contributed by atoms with E-state index in [1.807, 2.05) is 6.92 Å². The minimum Gasteiger partial charge on any atom is -0.506 e. The number of hydrogen-bond donors (Lipinski definition) is 2. The summed E-state index contributed by atoms with van der Waals surface area (Å²) in [7, 11) is 0. The third-order valence-electron chi connectivity index (χ3n) is 3.62. The summed E-state index contributed by atoms with van der Waals surface area (Å²) in [5, 5.41) is 12.9. The van der Waals surface area contributed by atoms with Gasteiger partial charge >= 0.3 is 0 Å². The summed E-state index contributed by atoms with van der Waals surface area (Å²) in [5.74, 6) is -0.375. The van der Waals surface area contributed by atoms with Crippen LogP contribution >= 0.6 is 11.3 Å². The quantitative estimate of drug-likeness (QED) is 0.724. The van der Waals surface area contributed by atoms with Crippen LogP contribution in [0.5, 0.6) is 5.75 Å². The van der Waals surface area contributed by atoms with Crippen LogP contribution in [0.4, 0.5) is 5.69 Å². The molecule has 0 atom stereocenters. The van der Waals surface area contributed by atoms with Gasteiger partial charge in [0.25, 0.3) is 11.5 Å². The molecule has 0 radical (unpaired) electrons. The Kier molecular flexibility index (Phi) is 3.87. The fourth-order valence-electron chi connectivity index (χ4n) is 2.36. The lowest BCUT2D eigenvalue weighted by Crippen LogP contribution is -2.19. The predicted octanol–water partition coefficient (Wildman–Crippen LogP) is 2.74. The molecule has 0 spiro atoms. The van der Waals surface area contributed by atoms with Crippen molar-refractivity contribution >= 4 is 33.1 Å². The standard InChI is InChI=1S/C16H15N3O3S/c1-3-19-8-17-15-12(16(19)22)9(2)13(23-15)14(21)18-10-6-4-5-7-11(10)20/h4-8,20H,3H2,1-2H3,(H,18,21). The Hall–Kier alpha value is -2.67. The first-order valence-electron chi connectivity index (χ1n) is 7.10. The summed E-state index contributed by atoms with van der Waals surface area (Å²) in [5.41, 5.74) is 0.791. The van der Waals surface area contributed by atoms with Gasteiger partial charge in [-0.15, -0.1) is 11.3 Å². The largest absolute Gasteiger partial charge is 0.506 e. The third kappa shape index (κ3) is 2.59. The molecule has 0 fully saturated rings. The Morgan fingerprint density at radius 1 is 1.39 bits per heavy atom. The van der Waals surface area contributed by atoms with Gasteiger partial charge in [0.1, 0.15) is 10.6 Å². The van der Waals surface area contributed by atoms with E-state index in [0.29, 0.717) is 32.9 Å². The second-order valence-electron chi connectivity index (χ2n) is 5.04. The molecule has 0 unspecified atom stereocenters. The number of para-hydroxylation sites is 2. The molecule has 6 nitrogen and oxygen atoms in total. The fourth-order valence-corrected chi connectivity index (χ4v) is 3.39. The summed E-state index contributed by atoms with van der Waals surface area (Å²) in [6.45, 7) is 4.13. The Morgan fingerprint density at radius 3 is 2.83 bits per heavy atom. The molecule has 2 heterocycles. The van der Waals surface area contributed by atoms with Crippen molar-refractivity contribution in [2.24, 2.45) is 0 Å². The fraction of sp³-hybridized carbons (Fsp3) is 0.188. The number of nitrogens with one attached hydrogen (secondary N) is 1. The van der Waals surface area contributed by atoms with Crippen molar-refractivity contribution in [1.82, 2.24) is 9.55 Å². The predicted molar refractivity (Wildman–Crippen MR) is 90.4 cm³/mol. The molecule has 2 N–H and O–H groups in total. The number of carbonyl (C=O) groups excluding carboxylic acids is 1. The minimum atomic E-state index is -0.366. The van der Waals surface area contributed by atoms with Gasteiger partial charge in [0.15, 0.2) is 0 Å². The zero-order valence-corrected chi connectivity index (χ0v) is 13.5. The lowest BCUT2D eigenvalue weighted by Gasteiger charge is -2.06. The average molecular weight is 329 g/mol. The van der Waals surface area contributed by atoms with Crippen LogP contribution in [0.25, 0.3) is 10.2 Å². The van der Waals surface area contributed by atoms with Gasteiger partial charge in [-0.05, 0) is 31.5 Å². The first-order valence-corrected chi connectivity index (χ1v) is 7.92. The molecule has 0 aliphatic heterocycles. The van der Waals surface area contributed by atoms with Crippen molar-refractivity contribution in [3.8, 4) is 5.75 Å². The number of nitrogens with zero attached hydrogens (tertiary/aromatic N) is 2. The van der Waals surface area contributed by atoms with E-state index >= 15 is 0 Å². The van der Waals surface area contributed by atoms with Crippen molar-refractivity contribution in [3.63, 3.8) is 0 Å². The van der Waals surface area contributed by atoms with Crippen LogP contribution in [0.2, 0.25) is 0 Å². The molecule has 0 saturated carbocycles. The maximum atomic E-state index is 12.5. The molecule has 3 aromatic rings. The van der Waals surface area contributed by atoms with Crippen LogP contribution in [-0.2, 0) is 6.54 Å². The molecular weight excluding hydrogens is 314 g/mol. The number of aromatic hydroxyl groups is 1. The zero-order valence-electron chi connectivity index (χ0n) is 12.7. The maximum absolute atomic E-state index is 12.5. The first-order chi connectivity index (χ1) is 11.0. The lowest BCUT2D eigenvalue weighted by atomic mass is 10.2. The van der Waals surface area contributed by atoms with Crippen LogP contribution in [0.1, 0.15) is 22.2 Å². The lowest BCUT2D eigenvalue weighted by molar-refractivity contribution is 0.102. The van der Waals surface area contributed by atoms with Crippen molar-refractivity contribution < 1.29 is 9.90 Å². The number of rotatable bonds is 3. The van der Waals surface area contributed by atoms with E-state index in [-0.39, 0.29) is 17.2 Å². The number of fused-ring (bicyclic) bond motifs is 1. The first kappa shape index (κ1) is 15.2. The number of phenolic OH excluding ortho intramolecular Hbond substituents is 1. The Morgan fingerprint density at radius 2 is 2.13 bits per heavy atom. The second kappa shape index (κ2) is 5.85. The number of aryl methyl sites for hydroxylation is 2. The molecular formula is C16H15N3O3S. The molecule has 0 aliphatic carbocycles. The van der Waals surface area contributed by atoms with Gasteiger partial charge in [0, 0.05) is 6.54 Å². The van der Waals surface area contributed by atoms with Crippen LogP contribution in [0, 0.1) is 6.92 Å². The van der Waals surface area contributed by atoms with Crippen LogP contribution in [-0.4, -0.2) is 20.6 Å². The summed E-state index contributed by atoms with van der Waals surface area (Å²) in [4.78, 5) is 30.1. The minimum absolute atomic E-state index is 0.00826. The molecule has 3 rings (SSSR count). The van der Waals surface area contributed by atoms with Gasteiger partial charge in [-0.3, -0.25) is 14.2 Å². The van der Waals surface area contributed by atoms with Crippen molar-refractivity contribution in [2.45, 2.75) is 20.4 Å². The summed E-state index contributed by atoms with van der Waals surface area (Å²) < 4.78 is 1.51. The van der Waals surface area contributed by atoms with Crippen molar-refractivity contribution in [1.29, 1.82) is 0 Å². The highest BCUT2D eigenvalue weighted by atomic mass is 32.1. The summed E-state index contributed by atoms with van der Waals surface area (Å²) in [6, 6.07) is 6.49. The van der Waals surface area contributed by atoms with E-state index in [1.54, 1.807) is 25.1 Å². The van der Waals surface area contributed by atoms with Gasteiger partial charge in [0.05, 0.1) is 22.3 Å². The Labute approximate surface area is 136 Å². The number of thiophene rings is 1. The van der Waals surface area contributed by atoms with Gasteiger partial charge in [-0.25, -0.2) is 4.98 Å². The van der Waals surface area contributed by atoms with E-state index in [2.05, 4.69) is 10.3 Å². The van der Waals surface area contributed by atoms with E-state index < -0.39 is 0 Å². The number of aromatic nitrogens is 2. The molecule has 1 aromatic carbocycles. The van der Waals surface area contributed by atoms with Crippen molar-refractivity contribution in [2.75, 3.05) is 5.32 Å². The number of benzene rings is 1. The summed E-state index contributed by atoms with van der Waals surface area (Å²) >= 11 is 1.17. The molecule has 2 aromatic heterocycles. The van der Waals surface area contributed by atoms with E-state index in [9.17, 15) is 14.7 Å². The monoisotopic (exact) mass is 329 g/mol. The highest BCUT2D eigenvalue weighted by molar-refractivity contribution is 7.20. The number of hydrogen-bond acceptors (Lipinski definition) is 5. The smallest absolute Gasteiger partial charge is 0.266 e. The average Bonchev–Trinajstić information content (AvgIpc) is 2.88. The van der Waals surface area contributed by atoms with Crippen LogP contribution in [0.15, 0.2) is 35.4 Å². The van der Waals surface area contributed by atoms with E-state index in [4.69, 9.17) is 0 Å². The molecule has 0 aliphatic rings. The molecule has 0 bridgehead atoms. The number of anilines is 1. The molecule has 1 amide bonds. The van der Waals surface area contributed by atoms with Gasteiger partial charge in [-0.2, -0.15) is 0 Å². The second-order valence-corrected chi connectivity index (χ2v) is 6.04. The number of phenols is 1. The molecule has 118 valence electrons. The maximum Gasteiger partial charge on any atom is 0.266 e. The number of amides is 1. The van der Waals surface area contributed by atoms with Gasteiger partial charge in [0.2, 0.25) is 0 Å². The Balaban J connectivity index is 2.05. The highest BCUT2D eigenvalue weighted by Crippen LogP contribution is 2.29. The molecule has 23 heavy (non-hydrogen) atoms. The van der Waals surface area contributed by atoms with Gasteiger partial charge in [-0.1, -0.05) is 12.1 Å². The van der Waals surface area contributed by atoms with Crippen LogP contribution in [0.3, 0.4) is 0 Å². The van der Waals surface area contributed by atoms with E-state index in [0.717, 1.165) is 0 Å². The normalized spacial score (nSPS) is 10.9. The molecule has 0 saturated heterocycles. The van der Waals surface area contributed by atoms with Crippen molar-refractivity contribution in [3.05, 3.63) is 51.4 Å². The number of carbonyl (C=O) groups is 1. The third-order valence-corrected chi connectivity index (χ3v) is 4.82. The van der Waals surface area contributed by atoms with E-state index in [1.165, 1.54) is 28.3 Å². The Bertz CT molecular complexity index is 959. The summed E-state index contributed by atoms with van der Waals surface area (Å²) in [6.07, 6.45) is 1.49. The van der Waals surface area contributed by atoms with Crippen LogP contribution < -0.4 is 10.9 Å². The SMILES string of the molecule is CCn1cnc2sc(C(=O)Nc3ccccc3O)c(C)c2c1=O. The highest BCUT2D eigenvalue weighted by Gasteiger charge is 2.20. The topological polar surface area (TPSA) is 84.2 Å². The zero-order chi connectivity index (χ0) is 16.6.